The second-order valence-electron chi connectivity index (χ2n) is 6.62. The topological polar surface area (TPSA) is 142 Å². The summed E-state index contributed by atoms with van der Waals surface area (Å²) in [6, 6.07) is 9.40. The molecule has 0 aliphatic rings. The highest BCUT2D eigenvalue weighted by Gasteiger charge is 2.17. The van der Waals surface area contributed by atoms with Gasteiger partial charge >= 0.3 is 5.97 Å². The standard InChI is InChI=1S/C20H18N8O2S/c1-3-28-10-23-17-14(28)16(22-9-13-6-4-12(8-21)5-7-13)25-19(26-17)27-20-24-11(2)15(31-20)18(29)30/h4-7,10H,3,9H2,1-2H3,(H,29,30)(H2,22,24,25,26,27). The lowest BCUT2D eigenvalue weighted by Crippen LogP contribution is -2.07. The maximum atomic E-state index is 11.3. The molecular weight excluding hydrogens is 416 g/mol. The summed E-state index contributed by atoms with van der Waals surface area (Å²) >= 11 is 1.02. The van der Waals surface area contributed by atoms with Crippen LogP contribution in [0.1, 0.15) is 33.4 Å². The number of aromatic carboxylic acids is 1. The molecule has 31 heavy (non-hydrogen) atoms. The number of nitrogens with zero attached hydrogens (tertiary/aromatic N) is 6. The van der Waals surface area contributed by atoms with Crippen molar-refractivity contribution < 1.29 is 9.90 Å². The summed E-state index contributed by atoms with van der Waals surface area (Å²) in [5.41, 5.74) is 3.29. The molecular formula is C20H18N8O2S. The fraction of sp³-hybridized carbons (Fsp3) is 0.200. The van der Waals surface area contributed by atoms with Crippen LogP contribution in [0.3, 0.4) is 0 Å². The number of nitriles is 1. The molecule has 0 radical (unpaired) electrons. The van der Waals surface area contributed by atoms with Crippen LogP contribution in [0.4, 0.5) is 16.9 Å². The Morgan fingerprint density at radius 1 is 1.26 bits per heavy atom. The number of hydrogen-bond acceptors (Lipinski definition) is 9. The Bertz CT molecular complexity index is 1300. The van der Waals surface area contributed by atoms with Crippen LogP contribution in [0.15, 0.2) is 30.6 Å². The van der Waals surface area contributed by atoms with Gasteiger partial charge in [0, 0.05) is 13.1 Å². The lowest BCUT2D eigenvalue weighted by atomic mass is 10.1. The zero-order chi connectivity index (χ0) is 22.0. The molecule has 0 unspecified atom stereocenters. The number of anilines is 3. The van der Waals surface area contributed by atoms with Crippen LogP contribution < -0.4 is 10.6 Å². The van der Waals surface area contributed by atoms with E-state index in [-0.39, 0.29) is 10.8 Å². The quantitative estimate of drug-likeness (QED) is 0.398. The molecule has 3 N–H and O–H groups in total. The van der Waals surface area contributed by atoms with Gasteiger partial charge in [-0.1, -0.05) is 23.5 Å². The van der Waals surface area contributed by atoms with Gasteiger partial charge in [0.25, 0.3) is 0 Å². The van der Waals surface area contributed by atoms with Crippen LogP contribution in [-0.4, -0.2) is 35.6 Å². The predicted octanol–water partition coefficient (Wildman–Crippen LogP) is 3.54. The van der Waals surface area contributed by atoms with E-state index in [9.17, 15) is 9.90 Å². The van der Waals surface area contributed by atoms with Crippen LogP contribution in [0.5, 0.6) is 0 Å². The molecule has 156 valence electrons. The molecule has 0 bridgehead atoms. The molecule has 3 aromatic heterocycles. The van der Waals surface area contributed by atoms with Crippen LogP contribution in [-0.2, 0) is 13.1 Å². The lowest BCUT2D eigenvalue weighted by molar-refractivity contribution is 0.0701. The van der Waals surface area contributed by atoms with E-state index in [4.69, 9.17) is 5.26 Å². The summed E-state index contributed by atoms with van der Waals surface area (Å²) in [5, 5.41) is 24.9. The third kappa shape index (κ3) is 4.15. The van der Waals surface area contributed by atoms with Crippen molar-refractivity contribution in [2.24, 2.45) is 0 Å². The van der Waals surface area contributed by atoms with E-state index in [0.29, 0.717) is 40.9 Å². The molecule has 0 aliphatic carbocycles. The summed E-state index contributed by atoms with van der Waals surface area (Å²) in [6.45, 7) is 4.84. The minimum absolute atomic E-state index is 0.165. The van der Waals surface area contributed by atoms with Gasteiger partial charge < -0.3 is 15.0 Å². The van der Waals surface area contributed by atoms with Crippen molar-refractivity contribution in [3.8, 4) is 6.07 Å². The Balaban J connectivity index is 1.65. The number of hydrogen-bond donors (Lipinski definition) is 3. The Hall–Kier alpha value is -4.04. The zero-order valence-electron chi connectivity index (χ0n) is 16.7. The number of carboxylic acid groups (broad SMARTS) is 1. The van der Waals surface area contributed by atoms with Crippen LogP contribution in [0.25, 0.3) is 11.2 Å². The smallest absolute Gasteiger partial charge is 0.347 e. The summed E-state index contributed by atoms with van der Waals surface area (Å²) in [7, 11) is 0. The first-order valence-electron chi connectivity index (χ1n) is 9.42. The molecule has 11 heteroatoms. The Morgan fingerprint density at radius 3 is 2.68 bits per heavy atom. The fourth-order valence-corrected chi connectivity index (χ4v) is 3.82. The van der Waals surface area contributed by atoms with Crippen molar-refractivity contribution in [2.45, 2.75) is 26.9 Å². The van der Waals surface area contributed by atoms with Gasteiger partial charge in [0.15, 0.2) is 16.6 Å². The minimum atomic E-state index is -1.02. The SMILES string of the molecule is CCn1cnc2nc(Nc3nc(C)c(C(=O)O)s3)nc(NCc3ccc(C#N)cc3)c21. The van der Waals surface area contributed by atoms with Crippen molar-refractivity contribution in [2.75, 3.05) is 10.6 Å². The maximum absolute atomic E-state index is 11.3. The van der Waals surface area contributed by atoms with Gasteiger partial charge in [0.1, 0.15) is 10.4 Å². The fourth-order valence-electron chi connectivity index (χ4n) is 3.03. The minimum Gasteiger partial charge on any atom is -0.477 e. The van der Waals surface area contributed by atoms with Gasteiger partial charge in [0.2, 0.25) is 5.95 Å². The summed E-state index contributed by atoms with van der Waals surface area (Å²) < 4.78 is 1.94. The number of carbonyl (C=O) groups is 1. The van der Waals surface area contributed by atoms with E-state index >= 15 is 0 Å². The molecule has 0 atom stereocenters. The van der Waals surface area contributed by atoms with E-state index in [1.54, 1.807) is 25.4 Å². The van der Waals surface area contributed by atoms with Gasteiger partial charge in [-0.25, -0.2) is 14.8 Å². The Morgan fingerprint density at radius 2 is 2.03 bits per heavy atom. The van der Waals surface area contributed by atoms with E-state index in [2.05, 4.69) is 36.6 Å². The highest BCUT2D eigenvalue weighted by Crippen LogP contribution is 2.27. The number of aryl methyl sites for hydroxylation is 2. The molecule has 0 fully saturated rings. The highest BCUT2D eigenvalue weighted by atomic mass is 32.1. The molecule has 1 aromatic carbocycles. The molecule has 4 aromatic rings. The van der Waals surface area contributed by atoms with Crippen molar-refractivity contribution in [1.29, 1.82) is 5.26 Å². The average Bonchev–Trinajstić information content (AvgIpc) is 3.35. The van der Waals surface area contributed by atoms with E-state index in [1.165, 1.54) is 0 Å². The first-order valence-corrected chi connectivity index (χ1v) is 10.2. The Labute approximate surface area is 181 Å². The van der Waals surface area contributed by atoms with Gasteiger partial charge in [-0.05, 0) is 31.5 Å². The molecule has 0 spiro atoms. The number of aromatic nitrogens is 5. The molecule has 0 amide bonds. The summed E-state index contributed by atoms with van der Waals surface area (Å²) in [6.07, 6.45) is 1.70. The van der Waals surface area contributed by atoms with Gasteiger partial charge in [-0.2, -0.15) is 15.2 Å². The molecule has 0 saturated heterocycles. The summed E-state index contributed by atoms with van der Waals surface area (Å²) in [5.74, 6) is -0.171. The molecule has 4 rings (SSSR count). The van der Waals surface area contributed by atoms with E-state index in [1.807, 2.05) is 23.6 Å². The first kappa shape index (κ1) is 20.2. The molecule has 10 nitrogen and oxygen atoms in total. The van der Waals surface area contributed by atoms with Crippen molar-refractivity contribution in [1.82, 2.24) is 24.5 Å². The third-order valence-corrected chi connectivity index (χ3v) is 5.63. The maximum Gasteiger partial charge on any atom is 0.347 e. The van der Waals surface area contributed by atoms with Crippen LogP contribution >= 0.6 is 11.3 Å². The average molecular weight is 434 g/mol. The second kappa shape index (κ2) is 8.37. The number of benzene rings is 1. The van der Waals surface area contributed by atoms with E-state index in [0.717, 1.165) is 22.4 Å². The van der Waals surface area contributed by atoms with Crippen molar-refractivity contribution >= 4 is 45.4 Å². The second-order valence-corrected chi connectivity index (χ2v) is 7.62. The normalized spacial score (nSPS) is 10.7. The van der Waals surface area contributed by atoms with Crippen molar-refractivity contribution in [3.63, 3.8) is 0 Å². The van der Waals surface area contributed by atoms with E-state index < -0.39 is 5.97 Å². The molecule has 0 saturated carbocycles. The van der Waals surface area contributed by atoms with Gasteiger partial charge in [-0.3, -0.25) is 5.32 Å². The van der Waals surface area contributed by atoms with Crippen LogP contribution in [0, 0.1) is 18.3 Å². The molecule has 0 aliphatic heterocycles. The predicted molar refractivity (Wildman–Crippen MR) is 117 cm³/mol. The van der Waals surface area contributed by atoms with Crippen LogP contribution in [0.2, 0.25) is 0 Å². The lowest BCUT2D eigenvalue weighted by Gasteiger charge is -2.11. The van der Waals surface area contributed by atoms with Crippen molar-refractivity contribution in [3.05, 3.63) is 52.3 Å². The van der Waals surface area contributed by atoms with Gasteiger partial charge in [0.05, 0.1) is 23.7 Å². The largest absolute Gasteiger partial charge is 0.477 e. The number of carboxylic acids is 1. The summed E-state index contributed by atoms with van der Waals surface area (Å²) in [4.78, 5) is 29.1. The number of fused-ring (bicyclic) bond motifs is 1. The number of rotatable bonds is 7. The number of thiazole rings is 1. The molecule has 3 heterocycles. The number of imidazole rings is 1. The highest BCUT2D eigenvalue weighted by molar-refractivity contribution is 7.17. The number of nitrogens with one attached hydrogen (secondary N) is 2. The van der Waals surface area contributed by atoms with Gasteiger partial charge in [-0.15, -0.1) is 0 Å². The zero-order valence-corrected chi connectivity index (χ0v) is 17.6. The Kier molecular flexibility index (Phi) is 5.46. The first-order chi connectivity index (χ1) is 15.0. The monoisotopic (exact) mass is 434 g/mol. The third-order valence-electron chi connectivity index (χ3n) is 4.57.